The van der Waals surface area contributed by atoms with E-state index < -0.39 is 0 Å². The fourth-order valence-corrected chi connectivity index (χ4v) is 4.00. The number of methoxy groups -OCH3 is 1. The lowest BCUT2D eigenvalue weighted by Crippen LogP contribution is -2.18. The van der Waals surface area contributed by atoms with Gasteiger partial charge in [-0.3, -0.25) is 4.79 Å². The molecule has 0 bridgehead atoms. The van der Waals surface area contributed by atoms with Gasteiger partial charge in [0, 0.05) is 30.0 Å². The second-order valence-electron chi connectivity index (χ2n) is 7.13. The van der Waals surface area contributed by atoms with Gasteiger partial charge in [0.1, 0.15) is 5.75 Å². The van der Waals surface area contributed by atoms with Gasteiger partial charge >= 0.3 is 0 Å². The number of aryl methyl sites for hydroxylation is 1. The number of hydrogen-bond acceptors (Lipinski definition) is 4. The fraction of sp³-hybridized carbons (Fsp3) is 0.167. The number of ether oxygens (including phenoxy) is 1. The van der Waals surface area contributed by atoms with Crippen molar-refractivity contribution in [1.82, 2.24) is 9.55 Å². The van der Waals surface area contributed by atoms with E-state index in [9.17, 15) is 4.79 Å². The van der Waals surface area contributed by atoms with Crippen molar-refractivity contribution in [2.75, 3.05) is 12.4 Å². The molecule has 0 aliphatic heterocycles. The van der Waals surface area contributed by atoms with Crippen LogP contribution in [0.4, 0.5) is 5.69 Å². The van der Waals surface area contributed by atoms with E-state index in [4.69, 9.17) is 4.74 Å². The largest absolute Gasteiger partial charge is 0.497 e. The fourth-order valence-electron chi connectivity index (χ4n) is 3.20. The lowest BCUT2D eigenvalue weighted by Gasteiger charge is -2.14. The number of aromatic nitrogens is 2. The summed E-state index contributed by atoms with van der Waals surface area (Å²) in [6, 6.07) is 19.8. The van der Waals surface area contributed by atoms with Crippen molar-refractivity contribution in [3.05, 3.63) is 78.6 Å². The minimum Gasteiger partial charge on any atom is -0.497 e. The predicted octanol–water partition coefficient (Wildman–Crippen LogP) is 5.48. The van der Waals surface area contributed by atoms with Crippen LogP contribution in [0.25, 0.3) is 10.8 Å². The molecule has 1 atom stereocenters. The van der Waals surface area contributed by atoms with E-state index >= 15 is 0 Å². The highest BCUT2D eigenvalue weighted by Crippen LogP contribution is 2.28. The van der Waals surface area contributed by atoms with E-state index in [2.05, 4.69) is 16.4 Å². The zero-order valence-corrected chi connectivity index (χ0v) is 17.9. The smallest absolute Gasteiger partial charge is 0.231 e. The van der Waals surface area contributed by atoms with Gasteiger partial charge in [-0.05, 0) is 59.7 Å². The molecule has 1 heterocycles. The maximum absolute atomic E-state index is 12.8. The molecule has 152 valence electrons. The molecule has 1 amide bonds. The molecule has 1 aromatic heterocycles. The topological polar surface area (TPSA) is 56.1 Å². The number of rotatable bonds is 6. The molecule has 5 nitrogen and oxygen atoms in total. The molecule has 0 aliphatic carbocycles. The molecule has 4 rings (SSSR count). The number of nitrogens with one attached hydrogen (secondary N) is 1. The van der Waals surface area contributed by atoms with Gasteiger partial charge in [0.25, 0.3) is 0 Å². The standard InChI is InChI=1S/C24H23N3O2S/c1-16(17-4-5-19-15-21(29-3)9-6-18(19)14-17)23(28)26-20-7-10-22(11-8-20)30-24-25-12-13-27(24)2/h4-16H,1-3H3,(H,26,28)/t16-/m0/s1. The molecule has 0 radical (unpaired) electrons. The third-order valence-corrected chi connectivity index (χ3v) is 6.16. The third kappa shape index (κ3) is 4.33. The van der Waals surface area contributed by atoms with Crippen molar-refractivity contribution in [2.24, 2.45) is 7.05 Å². The van der Waals surface area contributed by atoms with Crippen molar-refractivity contribution in [3.8, 4) is 5.75 Å². The summed E-state index contributed by atoms with van der Waals surface area (Å²) in [5.41, 5.74) is 1.76. The van der Waals surface area contributed by atoms with Gasteiger partial charge in [0.15, 0.2) is 5.16 Å². The van der Waals surface area contributed by atoms with Crippen LogP contribution in [0.15, 0.2) is 83.1 Å². The van der Waals surface area contributed by atoms with Crippen LogP contribution >= 0.6 is 11.8 Å². The minimum atomic E-state index is -0.266. The highest BCUT2D eigenvalue weighted by Gasteiger charge is 2.16. The van der Waals surface area contributed by atoms with Gasteiger partial charge in [-0.2, -0.15) is 0 Å². The van der Waals surface area contributed by atoms with Crippen molar-refractivity contribution < 1.29 is 9.53 Å². The number of carbonyl (C=O) groups is 1. The number of amides is 1. The van der Waals surface area contributed by atoms with E-state index in [1.165, 1.54) is 0 Å². The lowest BCUT2D eigenvalue weighted by molar-refractivity contribution is -0.117. The molecule has 0 spiro atoms. The number of benzene rings is 3. The molecule has 0 fully saturated rings. The third-order valence-electron chi connectivity index (χ3n) is 5.07. The van der Waals surface area contributed by atoms with E-state index in [1.54, 1.807) is 25.1 Å². The van der Waals surface area contributed by atoms with Gasteiger partial charge in [0.2, 0.25) is 5.91 Å². The first-order chi connectivity index (χ1) is 14.5. The quantitative estimate of drug-likeness (QED) is 0.452. The van der Waals surface area contributed by atoms with Crippen LogP contribution in [0.2, 0.25) is 0 Å². The van der Waals surface area contributed by atoms with Gasteiger partial charge in [-0.1, -0.05) is 36.0 Å². The summed E-state index contributed by atoms with van der Waals surface area (Å²) in [6.07, 6.45) is 3.70. The number of nitrogens with zero attached hydrogens (tertiary/aromatic N) is 2. The van der Waals surface area contributed by atoms with Gasteiger partial charge < -0.3 is 14.6 Å². The zero-order valence-electron chi connectivity index (χ0n) is 17.1. The summed E-state index contributed by atoms with van der Waals surface area (Å²) < 4.78 is 7.25. The second-order valence-corrected chi connectivity index (χ2v) is 8.17. The summed E-state index contributed by atoms with van der Waals surface area (Å²) in [6.45, 7) is 1.92. The van der Waals surface area contributed by atoms with Gasteiger partial charge in [-0.25, -0.2) is 4.98 Å². The lowest BCUT2D eigenvalue weighted by atomic mass is 9.97. The summed E-state index contributed by atoms with van der Waals surface area (Å²) in [5.74, 6) is 0.524. The Morgan fingerprint density at radius 3 is 2.50 bits per heavy atom. The Balaban J connectivity index is 1.44. The molecule has 0 saturated heterocycles. The average Bonchev–Trinajstić information content (AvgIpc) is 3.18. The summed E-state index contributed by atoms with van der Waals surface area (Å²) in [5, 5.41) is 6.12. The number of hydrogen-bond donors (Lipinski definition) is 1. The Hall–Kier alpha value is -3.25. The van der Waals surface area contributed by atoms with Crippen molar-refractivity contribution in [3.63, 3.8) is 0 Å². The van der Waals surface area contributed by atoms with Gasteiger partial charge in [0.05, 0.1) is 13.0 Å². The van der Waals surface area contributed by atoms with Crippen molar-refractivity contribution in [1.29, 1.82) is 0 Å². The van der Waals surface area contributed by atoms with Crippen LogP contribution in [0, 0.1) is 0 Å². The molecule has 6 heteroatoms. The molecular formula is C24H23N3O2S. The van der Waals surface area contributed by atoms with Gasteiger partial charge in [-0.15, -0.1) is 0 Å². The maximum atomic E-state index is 12.8. The average molecular weight is 418 g/mol. The number of anilines is 1. The molecule has 0 unspecified atom stereocenters. The SMILES string of the molecule is COc1ccc2cc([C@H](C)C(=O)Nc3ccc(Sc4nccn4C)cc3)ccc2c1. The number of fused-ring (bicyclic) bond motifs is 1. The van der Waals surface area contributed by atoms with E-state index in [0.717, 1.165) is 37.8 Å². The zero-order chi connectivity index (χ0) is 21.1. The molecular weight excluding hydrogens is 394 g/mol. The van der Waals surface area contributed by atoms with Crippen LogP contribution in [0.1, 0.15) is 18.4 Å². The number of imidazole rings is 1. The first-order valence-electron chi connectivity index (χ1n) is 9.67. The van der Waals surface area contributed by atoms with Crippen LogP contribution in [-0.4, -0.2) is 22.6 Å². The molecule has 30 heavy (non-hydrogen) atoms. The van der Waals surface area contributed by atoms with E-state index in [0.29, 0.717) is 0 Å². The first-order valence-corrected chi connectivity index (χ1v) is 10.5. The summed E-state index contributed by atoms with van der Waals surface area (Å²) >= 11 is 1.59. The van der Waals surface area contributed by atoms with E-state index in [-0.39, 0.29) is 11.8 Å². The molecule has 0 aliphatic rings. The Morgan fingerprint density at radius 2 is 1.80 bits per heavy atom. The van der Waals surface area contributed by atoms with Crippen LogP contribution in [0.3, 0.4) is 0 Å². The van der Waals surface area contributed by atoms with Crippen molar-refractivity contribution in [2.45, 2.75) is 22.9 Å². The van der Waals surface area contributed by atoms with E-state index in [1.807, 2.05) is 79.3 Å². The second kappa shape index (κ2) is 8.63. The summed E-state index contributed by atoms with van der Waals surface area (Å²) in [7, 11) is 3.63. The normalized spacial score (nSPS) is 12.0. The highest BCUT2D eigenvalue weighted by molar-refractivity contribution is 7.99. The Kier molecular flexibility index (Phi) is 5.77. The Morgan fingerprint density at radius 1 is 1.07 bits per heavy atom. The molecule has 0 saturated carbocycles. The first kappa shape index (κ1) is 20.0. The number of carbonyl (C=O) groups excluding carboxylic acids is 1. The molecule has 3 aromatic carbocycles. The minimum absolute atomic E-state index is 0.0348. The maximum Gasteiger partial charge on any atom is 0.231 e. The van der Waals surface area contributed by atoms with Crippen molar-refractivity contribution >= 4 is 34.1 Å². The Bertz CT molecular complexity index is 1180. The predicted molar refractivity (Wildman–Crippen MR) is 121 cm³/mol. The van der Waals surface area contributed by atoms with Crippen LogP contribution < -0.4 is 10.1 Å². The monoisotopic (exact) mass is 417 g/mol. The molecule has 1 N–H and O–H groups in total. The molecule has 4 aromatic rings. The Labute approximate surface area is 180 Å². The summed E-state index contributed by atoms with van der Waals surface area (Å²) in [4.78, 5) is 18.2. The van der Waals surface area contributed by atoms with Crippen LogP contribution in [-0.2, 0) is 11.8 Å². The highest BCUT2D eigenvalue weighted by atomic mass is 32.2. The van der Waals surface area contributed by atoms with Crippen LogP contribution in [0.5, 0.6) is 5.75 Å².